The van der Waals surface area contributed by atoms with E-state index >= 15 is 0 Å². The molecule has 1 aromatic rings. The third-order valence-corrected chi connectivity index (χ3v) is 3.28. The van der Waals surface area contributed by atoms with E-state index in [9.17, 15) is 4.79 Å². The molecule has 0 spiro atoms. The third-order valence-electron chi connectivity index (χ3n) is 3.28. The van der Waals surface area contributed by atoms with Crippen molar-refractivity contribution in [3.63, 3.8) is 0 Å². The first-order chi connectivity index (χ1) is 8.31. The number of nitrogens with one attached hydrogen (secondary N) is 1. The number of anilines is 1. The van der Waals surface area contributed by atoms with E-state index in [2.05, 4.69) is 24.0 Å². The molecule has 0 aliphatic carbocycles. The Labute approximate surface area is 103 Å². The Morgan fingerprint density at radius 2 is 2.29 bits per heavy atom. The number of carbonyl (C=O) groups excluding carboxylic acids is 1. The van der Waals surface area contributed by atoms with Crippen LogP contribution >= 0.6 is 0 Å². The van der Waals surface area contributed by atoms with Crippen LogP contribution in [0.25, 0.3) is 0 Å². The number of hydrogen-bond donors (Lipinski definition) is 1. The lowest BCUT2D eigenvalue weighted by molar-refractivity contribution is -0.119. The average molecular weight is 229 g/mol. The van der Waals surface area contributed by atoms with E-state index < -0.39 is 0 Å². The summed E-state index contributed by atoms with van der Waals surface area (Å²) >= 11 is 0. The van der Waals surface area contributed by atoms with Crippen LogP contribution in [0.3, 0.4) is 0 Å². The molecule has 1 N–H and O–H groups in total. The lowest BCUT2D eigenvalue weighted by Crippen LogP contribution is -2.08. The number of Topliss-reactive ketones (excluding diaryl/α,β-unsaturated/α-hetero) is 1. The highest BCUT2D eigenvalue weighted by molar-refractivity contribution is 5.80. The highest BCUT2D eigenvalue weighted by Gasteiger charge is 2.23. The summed E-state index contributed by atoms with van der Waals surface area (Å²) in [4.78, 5) is 11.8. The fraction of sp³-hybridized carbons (Fsp3) is 0.400. The topological polar surface area (TPSA) is 29.1 Å². The summed E-state index contributed by atoms with van der Waals surface area (Å²) < 4.78 is 0. The first kappa shape index (κ1) is 11.9. The van der Waals surface area contributed by atoms with Crippen molar-refractivity contribution in [2.45, 2.75) is 31.6 Å². The summed E-state index contributed by atoms with van der Waals surface area (Å²) in [6.07, 6.45) is 5.10. The monoisotopic (exact) mass is 229 g/mol. The number of fused-ring (bicyclic) bond motifs is 1. The molecule has 0 fully saturated rings. The van der Waals surface area contributed by atoms with Gasteiger partial charge >= 0.3 is 0 Å². The van der Waals surface area contributed by atoms with Crippen molar-refractivity contribution in [1.29, 1.82) is 0 Å². The Hall–Kier alpha value is -1.57. The predicted octanol–water partition coefficient (Wildman–Crippen LogP) is 3.51. The third kappa shape index (κ3) is 2.96. The molecule has 1 unspecified atom stereocenters. The number of ketones is 1. The van der Waals surface area contributed by atoms with Gasteiger partial charge in [-0.2, -0.15) is 0 Å². The van der Waals surface area contributed by atoms with Crippen molar-refractivity contribution in [2.75, 3.05) is 11.9 Å². The quantitative estimate of drug-likeness (QED) is 0.597. The highest BCUT2D eigenvalue weighted by atomic mass is 16.1. The predicted molar refractivity (Wildman–Crippen MR) is 71.3 cm³/mol. The highest BCUT2D eigenvalue weighted by Crippen LogP contribution is 2.33. The van der Waals surface area contributed by atoms with Crippen LogP contribution in [0, 0.1) is 0 Å². The molecule has 0 radical (unpaired) electrons. The molecule has 2 nitrogen and oxygen atoms in total. The number of unbranched alkanes of at least 4 members (excludes halogenated alkanes) is 1. The van der Waals surface area contributed by atoms with Crippen LogP contribution in [0.5, 0.6) is 0 Å². The van der Waals surface area contributed by atoms with E-state index in [4.69, 9.17) is 0 Å². The van der Waals surface area contributed by atoms with Gasteiger partial charge in [0.1, 0.15) is 5.78 Å². The zero-order valence-electron chi connectivity index (χ0n) is 10.1. The molecule has 0 amide bonds. The normalized spacial score (nSPS) is 17.3. The fourth-order valence-electron chi connectivity index (χ4n) is 2.36. The second-order valence-corrected chi connectivity index (χ2v) is 4.59. The van der Waals surface area contributed by atoms with Gasteiger partial charge in [-0.25, -0.2) is 0 Å². The molecule has 17 heavy (non-hydrogen) atoms. The maximum absolute atomic E-state index is 11.8. The summed E-state index contributed by atoms with van der Waals surface area (Å²) in [5.74, 6) is 0.734. The van der Waals surface area contributed by atoms with Crippen LogP contribution in [-0.4, -0.2) is 12.3 Å². The molecule has 1 heterocycles. The molecule has 1 aliphatic rings. The second-order valence-electron chi connectivity index (χ2n) is 4.59. The molecule has 0 aromatic heterocycles. The molecule has 90 valence electrons. The minimum atomic E-state index is 0.363. The molecule has 0 saturated carbocycles. The number of hydrogen-bond acceptors (Lipinski definition) is 2. The second kappa shape index (κ2) is 5.67. The number of carbonyl (C=O) groups is 1. The van der Waals surface area contributed by atoms with Crippen LogP contribution in [0.4, 0.5) is 5.69 Å². The molecule has 0 saturated heterocycles. The van der Waals surface area contributed by atoms with Crippen molar-refractivity contribution in [1.82, 2.24) is 0 Å². The van der Waals surface area contributed by atoms with Crippen LogP contribution in [0.1, 0.15) is 37.2 Å². The zero-order valence-corrected chi connectivity index (χ0v) is 10.1. The number of rotatable bonds is 6. The van der Waals surface area contributed by atoms with E-state index in [1.54, 1.807) is 0 Å². The van der Waals surface area contributed by atoms with Crippen LogP contribution in [0.15, 0.2) is 36.9 Å². The largest absolute Gasteiger partial charge is 0.384 e. The molecule has 1 aromatic carbocycles. The van der Waals surface area contributed by atoms with E-state index in [1.165, 1.54) is 11.3 Å². The minimum absolute atomic E-state index is 0.363. The number of allylic oxidation sites excluding steroid dienone is 1. The lowest BCUT2D eigenvalue weighted by Gasteiger charge is -2.08. The van der Waals surface area contributed by atoms with Gasteiger partial charge in [-0.1, -0.05) is 24.3 Å². The van der Waals surface area contributed by atoms with Gasteiger partial charge in [0.2, 0.25) is 0 Å². The van der Waals surface area contributed by atoms with Crippen molar-refractivity contribution in [2.24, 2.45) is 0 Å². The summed E-state index contributed by atoms with van der Waals surface area (Å²) in [7, 11) is 0. The van der Waals surface area contributed by atoms with Crippen LogP contribution in [0.2, 0.25) is 0 Å². The van der Waals surface area contributed by atoms with Crippen molar-refractivity contribution in [3.8, 4) is 0 Å². The van der Waals surface area contributed by atoms with E-state index in [0.29, 0.717) is 24.5 Å². The van der Waals surface area contributed by atoms with Gasteiger partial charge in [0.25, 0.3) is 0 Å². The Kier molecular flexibility index (Phi) is 3.97. The van der Waals surface area contributed by atoms with E-state index in [0.717, 1.165) is 19.4 Å². The van der Waals surface area contributed by atoms with Gasteiger partial charge in [0.15, 0.2) is 0 Å². The van der Waals surface area contributed by atoms with Gasteiger partial charge in [-0.3, -0.25) is 4.79 Å². The molecular weight excluding hydrogens is 210 g/mol. The Bertz CT molecular complexity index is 411. The van der Waals surface area contributed by atoms with Gasteiger partial charge in [0.05, 0.1) is 0 Å². The maximum atomic E-state index is 11.8. The summed E-state index contributed by atoms with van der Waals surface area (Å²) in [5, 5.41) is 3.35. The number of para-hydroxylation sites is 1. The fourth-order valence-corrected chi connectivity index (χ4v) is 2.36. The van der Waals surface area contributed by atoms with Crippen LogP contribution in [-0.2, 0) is 4.79 Å². The Morgan fingerprint density at radius 1 is 1.47 bits per heavy atom. The Balaban J connectivity index is 1.88. The smallest absolute Gasteiger partial charge is 0.133 e. The standard InChI is InChI=1S/C15H19NO/c1-2-3-4-7-13(17)10-12-11-16-15-9-6-5-8-14(12)15/h2,5-6,8-9,12,16H,1,3-4,7,10-11H2. The zero-order chi connectivity index (χ0) is 12.1. The van der Waals surface area contributed by atoms with Crippen molar-refractivity contribution < 1.29 is 4.79 Å². The van der Waals surface area contributed by atoms with Gasteiger partial charge in [-0.05, 0) is 24.5 Å². The molecule has 0 bridgehead atoms. The summed E-state index contributed by atoms with van der Waals surface area (Å²) in [5.41, 5.74) is 2.49. The molecule has 2 rings (SSSR count). The first-order valence-corrected chi connectivity index (χ1v) is 6.26. The molecule has 2 heteroatoms. The first-order valence-electron chi connectivity index (χ1n) is 6.26. The van der Waals surface area contributed by atoms with E-state index in [1.807, 2.05) is 18.2 Å². The Morgan fingerprint density at radius 3 is 3.12 bits per heavy atom. The van der Waals surface area contributed by atoms with Gasteiger partial charge in [-0.15, -0.1) is 6.58 Å². The molecular formula is C15H19NO. The number of benzene rings is 1. The summed E-state index contributed by atoms with van der Waals surface area (Å²) in [6.45, 7) is 4.56. The SMILES string of the molecule is C=CCCCC(=O)CC1CNc2ccccc21. The maximum Gasteiger partial charge on any atom is 0.133 e. The molecule has 1 atom stereocenters. The van der Waals surface area contributed by atoms with Gasteiger partial charge in [0, 0.05) is 31.0 Å². The average Bonchev–Trinajstić information content (AvgIpc) is 2.73. The van der Waals surface area contributed by atoms with Crippen molar-refractivity contribution in [3.05, 3.63) is 42.5 Å². The van der Waals surface area contributed by atoms with Gasteiger partial charge < -0.3 is 5.32 Å². The molecule has 1 aliphatic heterocycles. The summed E-state index contributed by atoms with van der Waals surface area (Å²) in [6, 6.07) is 8.27. The van der Waals surface area contributed by atoms with Crippen LogP contribution < -0.4 is 5.32 Å². The lowest BCUT2D eigenvalue weighted by atomic mass is 9.94. The van der Waals surface area contributed by atoms with E-state index in [-0.39, 0.29) is 0 Å². The minimum Gasteiger partial charge on any atom is -0.384 e. The van der Waals surface area contributed by atoms with Crippen molar-refractivity contribution >= 4 is 11.5 Å².